The SMILES string of the molecule is Cc1nc(-n2cnc3ccccc32)ncc1CCl. The van der Waals surface area contributed by atoms with Crippen LogP contribution in [0.15, 0.2) is 36.8 Å². The summed E-state index contributed by atoms with van der Waals surface area (Å²) < 4.78 is 1.88. The molecule has 0 unspecified atom stereocenters. The first-order valence-electron chi connectivity index (χ1n) is 5.60. The monoisotopic (exact) mass is 258 g/mol. The molecule has 0 bridgehead atoms. The Bertz CT molecular complexity index is 705. The maximum Gasteiger partial charge on any atom is 0.235 e. The Morgan fingerprint density at radius 3 is 2.83 bits per heavy atom. The topological polar surface area (TPSA) is 43.6 Å². The Morgan fingerprint density at radius 1 is 1.22 bits per heavy atom. The molecule has 0 spiro atoms. The number of nitrogens with zero attached hydrogens (tertiary/aromatic N) is 4. The molecule has 0 atom stereocenters. The van der Waals surface area contributed by atoms with Gasteiger partial charge in [-0.15, -0.1) is 11.6 Å². The Labute approximate surface area is 109 Å². The minimum atomic E-state index is 0.427. The highest BCUT2D eigenvalue weighted by Gasteiger charge is 2.08. The van der Waals surface area contributed by atoms with Crippen LogP contribution in [-0.4, -0.2) is 19.5 Å². The van der Waals surface area contributed by atoms with Crippen molar-refractivity contribution in [2.45, 2.75) is 12.8 Å². The molecule has 5 heteroatoms. The molecule has 3 rings (SSSR count). The third-order valence-electron chi connectivity index (χ3n) is 2.88. The molecule has 0 aliphatic rings. The lowest BCUT2D eigenvalue weighted by atomic mass is 10.3. The summed E-state index contributed by atoms with van der Waals surface area (Å²) in [5.74, 6) is 1.05. The van der Waals surface area contributed by atoms with Crippen LogP contribution in [0.2, 0.25) is 0 Å². The van der Waals surface area contributed by atoms with E-state index in [1.165, 1.54) is 0 Å². The Kier molecular flexibility index (Phi) is 2.72. The van der Waals surface area contributed by atoms with Crippen LogP contribution in [0.25, 0.3) is 17.0 Å². The van der Waals surface area contributed by atoms with Crippen molar-refractivity contribution in [2.24, 2.45) is 0 Å². The summed E-state index contributed by atoms with van der Waals surface area (Å²) in [4.78, 5) is 13.1. The maximum atomic E-state index is 5.81. The van der Waals surface area contributed by atoms with Crippen molar-refractivity contribution in [1.82, 2.24) is 19.5 Å². The van der Waals surface area contributed by atoms with Crippen molar-refractivity contribution in [3.63, 3.8) is 0 Å². The van der Waals surface area contributed by atoms with Crippen LogP contribution in [0.1, 0.15) is 11.3 Å². The van der Waals surface area contributed by atoms with E-state index in [9.17, 15) is 0 Å². The number of imidazole rings is 1. The fraction of sp³-hybridized carbons (Fsp3) is 0.154. The number of aryl methyl sites for hydroxylation is 1. The van der Waals surface area contributed by atoms with Crippen LogP contribution in [-0.2, 0) is 5.88 Å². The number of alkyl halides is 1. The molecule has 0 N–H and O–H groups in total. The number of halogens is 1. The zero-order valence-corrected chi connectivity index (χ0v) is 10.6. The first-order chi connectivity index (χ1) is 8.79. The largest absolute Gasteiger partial charge is 0.267 e. The van der Waals surface area contributed by atoms with Gasteiger partial charge < -0.3 is 0 Å². The van der Waals surface area contributed by atoms with Gasteiger partial charge in [0.15, 0.2) is 0 Å². The molecule has 0 aliphatic heterocycles. The van der Waals surface area contributed by atoms with E-state index in [1.807, 2.05) is 35.8 Å². The second-order valence-corrected chi connectivity index (χ2v) is 4.28. The van der Waals surface area contributed by atoms with E-state index in [2.05, 4.69) is 15.0 Å². The van der Waals surface area contributed by atoms with Gasteiger partial charge >= 0.3 is 0 Å². The first kappa shape index (κ1) is 11.2. The molecule has 0 radical (unpaired) electrons. The average Bonchev–Trinajstić information content (AvgIpc) is 2.82. The summed E-state index contributed by atoms with van der Waals surface area (Å²) in [6.07, 6.45) is 3.50. The molecule has 3 aromatic rings. The van der Waals surface area contributed by atoms with Crippen molar-refractivity contribution in [3.8, 4) is 5.95 Å². The molecular formula is C13H11ClN4. The van der Waals surface area contributed by atoms with Crippen LogP contribution in [0, 0.1) is 6.92 Å². The molecule has 0 saturated carbocycles. The highest BCUT2D eigenvalue weighted by Crippen LogP contribution is 2.16. The molecule has 2 heterocycles. The van der Waals surface area contributed by atoms with Gasteiger partial charge in [0.25, 0.3) is 0 Å². The first-order valence-corrected chi connectivity index (χ1v) is 6.14. The molecule has 0 fully saturated rings. The molecule has 0 amide bonds. The lowest BCUT2D eigenvalue weighted by Crippen LogP contribution is -2.03. The minimum Gasteiger partial charge on any atom is -0.267 e. The summed E-state index contributed by atoms with van der Waals surface area (Å²) in [5.41, 5.74) is 3.77. The maximum absolute atomic E-state index is 5.81. The third kappa shape index (κ3) is 1.75. The van der Waals surface area contributed by atoms with E-state index < -0.39 is 0 Å². The molecule has 2 aromatic heterocycles. The van der Waals surface area contributed by atoms with Gasteiger partial charge in [0, 0.05) is 17.5 Å². The lowest BCUT2D eigenvalue weighted by molar-refractivity contribution is 0.915. The average molecular weight is 259 g/mol. The molecule has 1 aromatic carbocycles. The Hall–Kier alpha value is -1.94. The van der Waals surface area contributed by atoms with E-state index in [-0.39, 0.29) is 0 Å². The zero-order chi connectivity index (χ0) is 12.5. The number of rotatable bonds is 2. The molecular weight excluding hydrogens is 248 g/mol. The van der Waals surface area contributed by atoms with E-state index in [1.54, 1.807) is 12.5 Å². The Balaban J connectivity index is 2.17. The molecule has 0 aliphatic carbocycles. The normalized spacial score (nSPS) is 11.0. The summed E-state index contributed by atoms with van der Waals surface area (Å²) in [5, 5.41) is 0. The van der Waals surface area contributed by atoms with Gasteiger partial charge in [-0.2, -0.15) is 0 Å². The summed E-state index contributed by atoms with van der Waals surface area (Å²) >= 11 is 5.81. The predicted octanol–water partition coefficient (Wildman–Crippen LogP) is 2.86. The molecule has 4 nitrogen and oxygen atoms in total. The molecule has 90 valence electrons. The van der Waals surface area contributed by atoms with Crippen LogP contribution < -0.4 is 0 Å². The van der Waals surface area contributed by atoms with Crippen molar-refractivity contribution in [2.75, 3.05) is 0 Å². The van der Waals surface area contributed by atoms with Crippen molar-refractivity contribution in [1.29, 1.82) is 0 Å². The van der Waals surface area contributed by atoms with Gasteiger partial charge in [-0.3, -0.25) is 4.57 Å². The van der Waals surface area contributed by atoms with E-state index in [4.69, 9.17) is 11.6 Å². The van der Waals surface area contributed by atoms with Crippen molar-refractivity contribution >= 4 is 22.6 Å². The molecule has 0 saturated heterocycles. The quantitative estimate of drug-likeness (QED) is 0.664. The van der Waals surface area contributed by atoms with Crippen LogP contribution >= 0.6 is 11.6 Å². The summed E-state index contributed by atoms with van der Waals surface area (Å²) in [7, 11) is 0. The predicted molar refractivity (Wildman–Crippen MR) is 71.0 cm³/mol. The van der Waals surface area contributed by atoms with Crippen molar-refractivity contribution < 1.29 is 0 Å². The highest BCUT2D eigenvalue weighted by molar-refractivity contribution is 6.17. The second kappa shape index (κ2) is 4.38. The standard InChI is InChI=1S/C13H11ClN4/c1-9-10(6-14)7-15-13(17-9)18-8-16-11-4-2-3-5-12(11)18/h2-5,7-8H,6H2,1H3. The highest BCUT2D eigenvalue weighted by atomic mass is 35.5. The van der Waals surface area contributed by atoms with Gasteiger partial charge in [0.2, 0.25) is 5.95 Å². The molecule has 18 heavy (non-hydrogen) atoms. The van der Waals surface area contributed by atoms with Gasteiger partial charge in [-0.25, -0.2) is 15.0 Å². The third-order valence-corrected chi connectivity index (χ3v) is 3.17. The lowest BCUT2D eigenvalue weighted by Gasteiger charge is -2.05. The second-order valence-electron chi connectivity index (χ2n) is 4.02. The van der Waals surface area contributed by atoms with E-state index in [0.29, 0.717) is 11.8 Å². The van der Waals surface area contributed by atoms with Crippen LogP contribution in [0.3, 0.4) is 0 Å². The van der Waals surface area contributed by atoms with Gasteiger partial charge in [0.05, 0.1) is 16.9 Å². The number of hydrogen-bond donors (Lipinski definition) is 0. The number of hydrogen-bond acceptors (Lipinski definition) is 3. The minimum absolute atomic E-state index is 0.427. The number of fused-ring (bicyclic) bond motifs is 1. The van der Waals surface area contributed by atoms with Crippen molar-refractivity contribution in [3.05, 3.63) is 48.0 Å². The fourth-order valence-corrected chi connectivity index (χ4v) is 2.11. The number of para-hydroxylation sites is 2. The Morgan fingerprint density at radius 2 is 2.06 bits per heavy atom. The number of aromatic nitrogens is 4. The summed E-state index contributed by atoms with van der Waals surface area (Å²) in [6, 6.07) is 7.89. The van der Waals surface area contributed by atoms with Gasteiger partial charge in [-0.1, -0.05) is 12.1 Å². The summed E-state index contributed by atoms with van der Waals surface area (Å²) in [6.45, 7) is 1.93. The fourth-order valence-electron chi connectivity index (χ4n) is 1.85. The number of benzene rings is 1. The smallest absolute Gasteiger partial charge is 0.235 e. The van der Waals surface area contributed by atoms with E-state index >= 15 is 0 Å². The van der Waals surface area contributed by atoms with Gasteiger partial charge in [0.1, 0.15) is 6.33 Å². The van der Waals surface area contributed by atoms with Crippen LogP contribution in [0.5, 0.6) is 0 Å². The zero-order valence-electron chi connectivity index (χ0n) is 9.84. The van der Waals surface area contributed by atoms with Crippen LogP contribution in [0.4, 0.5) is 0 Å². The van der Waals surface area contributed by atoms with E-state index in [0.717, 1.165) is 22.3 Å². The van der Waals surface area contributed by atoms with Gasteiger partial charge in [-0.05, 0) is 19.1 Å².